The predicted molar refractivity (Wildman–Crippen MR) is 99.5 cm³/mol. The number of carbonyl (C=O) groups excluding carboxylic acids is 2. The van der Waals surface area contributed by atoms with E-state index < -0.39 is 5.97 Å². The van der Waals surface area contributed by atoms with Gasteiger partial charge in [-0.05, 0) is 25.1 Å². The van der Waals surface area contributed by atoms with Gasteiger partial charge < -0.3 is 10.1 Å². The average molecular weight is 399 g/mol. The average Bonchev–Trinajstić information content (AvgIpc) is 2.60. The van der Waals surface area contributed by atoms with Crippen LogP contribution in [0.2, 0.25) is 10.2 Å². The number of halogens is 2. The highest BCUT2D eigenvalue weighted by molar-refractivity contribution is 7.99. The third-order valence-electron chi connectivity index (χ3n) is 3.08. The zero-order valence-electron chi connectivity index (χ0n) is 13.4. The summed E-state index contributed by atoms with van der Waals surface area (Å²) in [5, 5.41) is 2.94. The largest absolute Gasteiger partial charge is 0.452 e. The summed E-state index contributed by atoms with van der Waals surface area (Å²) in [7, 11) is 0. The van der Waals surface area contributed by atoms with Gasteiger partial charge in [-0.25, -0.2) is 9.78 Å². The molecule has 8 heteroatoms. The molecule has 5 nitrogen and oxygen atoms in total. The molecule has 0 fully saturated rings. The molecule has 1 amide bonds. The number of nitrogens with one attached hydrogen (secondary N) is 1. The second-order valence-electron chi connectivity index (χ2n) is 5.08. The Morgan fingerprint density at radius 3 is 2.64 bits per heavy atom. The number of esters is 1. The molecule has 0 unspecified atom stereocenters. The molecule has 0 atom stereocenters. The molecular weight excluding hydrogens is 383 g/mol. The number of hydrogen-bond donors (Lipinski definition) is 1. The van der Waals surface area contributed by atoms with Gasteiger partial charge in [0.1, 0.15) is 5.15 Å². The first-order valence-electron chi connectivity index (χ1n) is 7.40. The normalized spacial score (nSPS) is 10.4. The van der Waals surface area contributed by atoms with Gasteiger partial charge in [-0.1, -0.05) is 40.9 Å². The van der Waals surface area contributed by atoms with Crippen molar-refractivity contribution in [2.45, 2.75) is 11.8 Å². The van der Waals surface area contributed by atoms with E-state index in [0.29, 0.717) is 6.54 Å². The number of benzene rings is 1. The van der Waals surface area contributed by atoms with Crippen molar-refractivity contribution in [2.24, 2.45) is 0 Å². The van der Waals surface area contributed by atoms with Crippen LogP contribution in [-0.2, 0) is 9.53 Å². The smallest absolute Gasteiger partial charge is 0.340 e. The monoisotopic (exact) mass is 398 g/mol. The summed E-state index contributed by atoms with van der Waals surface area (Å²) in [6, 6.07) is 9.50. The topological polar surface area (TPSA) is 68.3 Å². The highest BCUT2D eigenvalue weighted by Gasteiger charge is 2.12. The number of ether oxygens (including phenoxy) is 1. The van der Waals surface area contributed by atoms with Crippen LogP contribution in [-0.4, -0.2) is 35.8 Å². The van der Waals surface area contributed by atoms with Gasteiger partial charge >= 0.3 is 5.97 Å². The number of amides is 1. The van der Waals surface area contributed by atoms with E-state index in [1.54, 1.807) is 11.8 Å². The number of rotatable bonds is 7. The fourth-order valence-corrected chi connectivity index (χ4v) is 2.83. The van der Waals surface area contributed by atoms with Crippen LogP contribution >= 0.6 is 35.0 Å². The molecule has 25 heavy (non-hydrogen) atoms. The quantitative estimate of drug-likeness (QED) is 0.332. The summed E-state index contributed by atoms with van der Waals surface area (Å²) in [5.74, 6) is -0.333. The van der Waals surface area contributed by atoms with Crippen molar-refractivity contribution >= 4 is 46.8 Å². The van der Waals surface area contributed by atoms with Crippen molar-refractivity contribution in [1.29, 1.82) is 0 Å². The molecule has 2 aromatic rings. The van der Waals surface area contributed by atoms with Crippen LogP contribution < -0.4 is 5.32 Å². The first-order valence-corrected chi connectivity index (χ1v) is 9.14. The minimum absolute atomic E-state index is 0.0991. The molecular formula is C17H16Cl2N2O3S. The second-order valence-corrected chi connectivity index (χ2v) is 7.02. The van der Waals surface area contributed by atoms with Crippen LogP contribution in [0.1, 0.15) is 15.9 Å². The Balaban J connectivity index is 1.67. The molecule has 1 heterocycles. The summed E-state index contributed by atoms with van der Waals surface area (Å²) in [4.78, 5) is 28.4. The Bertz CT molecular complexity index is 754. The van der Waals surface area contributed by atoms with Gasteiger partial charge in [-0.3, -0.25) is 4.79 Å². The van der Waals surface area contributed by atoms with E-state index in [1.165, 1.54) is 17.8 Å². The second kappa shape index (κ2) is 9.65. The number of pyridine rings is 1. The minimum atomic E-state index is -0.685. The van der Waals surface area contributed by atoms with E-state index in [1.807, 2.05) is 31.2 Å². The maximum Gasteiger partial charge on any atom is 0.340 e. The van der Waals surface area contributed by atoms with Gasteiger partial charge in [0.15, 0.2) is 6.61 Å². The SMILES string of the molecule is Cc1ccc(SCCNC(=O)COC(=O)c2cnc(Cl)c(Cl)c2)cc1. The minimum Gasteiger partial charge on any atom is -0.452 e. The first kappa shape index (κ1) is 19.6. The Morgan fingerprint density at radius 2 is 1.96 bits per heavy atom. The Hall–Kier alpha value is -1.76. The summed E-state index contributed by atoms with van der Waals surface area (Å²) in [6.07, 6.45) is 1.24. The molecule has 2 rings (SSSR count). The first-order chi connectivity index (χ1) is 12.0. The lowest BCUT2D eigenvalue weighted by atomic mass is 10.2. The molecule has 0 spiro atoms. The van der Waals surface area contributed by atoms with Gasteiger partial charge in [0.2, 0.25) is 0 Å². The van der Waals surface area contributed by atoms with E-state index in [-0.39, 0.29) is 28.3 Å². The maximum absolute atomic E-state index is 11.8. The molecule has 0 radical (unpaired) electrons. The van der Waals surface area contributed by atoms with Crippen molar-refractivity contribution in [3.8, 4) is 0 Å². The van der Waals surface area contributed by atoms with Crippen molar-refractivity contribution in [2.75, 3.05) is 18.9 Å². The zero-order chi connectivity index (χ0) is 18.2. The molecule has 1 aromatic carbocycles. The van der Waals surface area contributed by atoms with E-state index in [0.717, 1.165) is 10.6 Å². The molecule has 0 aliphatic heterocycles. The standard InChI is InChI=1S/C17H16Cl2N2O3S/c1-11-2-4-13(5-3-11)25-7-6-20-15(22)10-24-17(23)12-8-14(18)16(19)21-9-12/h2-5,8-9H,6-7,10H2,1H3,(H,20,22). The van der Waals surface area contributed by atoms with Crippen LogP contribution in [0, 0.1) is 6.92 Å². The van der Waals surface area contributed by atoms with Gasteiger partial charge in [0, 0.05) is 23.4 Å². The lowest BCUT2D eigenvalue weighted by Gasteiger charge is -2.07. The number of hydrogen-bond acceptors (Lipinski definition) is 5. The summed E-state index contributed by atoms with van der Waals surface area (Å²) >= 11 is 13.1. The Kier molecular flexibility index (Phi) is 7.55. The number of carbonyl (C=O) groups is 2. The Labute approximate surface area is 160 Å². The number of aromatic nitrogens is 1. The lowest BCUT2D eigenvalue weighted by Crippen LogP contribution is -2.30. The third kappa shape index (κ3) is 6.57. The number of thioether (sulfide) groups is 1. The third-order valence-corrected chi connectivity index (χ3v) is 4.78. The van der Waals surface area contributed by atoms with Crippen LogP contribution in [0.5, 0.6) is 0 Å². The van der Waals surface area contributed by atoms with Crippen molar-refractivity contribution < 1.29 is 14.3 Å². The molecule has 0 saturated heterocycles. The highest BCUT2D eigenvalue weighted by atomic mass is 35.5. The van der Waals surface area contributed by atoms with E-state index in [9.17, 15) is 9.59 Å². The molecule has 0 aliphatic carbocycles. The van der Waals surface area contributed by atoms with Crippen LogP contribution in [0.25, 0.3) is 0 Å². The molecule has 132 valence electrons. The van der Waals surface area contributed by atoms with Crippen molar-refractivity contribution in [3.63, 3.8) is 0 Å². The van der Waals surface area contributed by atoms with E-state index >= 15 is 0 Å². The van der Waals surface area contributed by atoms with E-state index in [2.05, 4.69) is 10.3 Å². The lowest BCUT2D eigenvalue weighted by molar-refractivity contribution is -0.124. The predicted octanol–water partition coefficient (Wildman–Crippen LogP) is 3.76. The summed E-state index contributed by atoms with van der Waals surface area (Å²) in [5.41, 5.74) is 1.34. The van der Waals surface area contributed by atoms with Gasteiger partial charge in [0.05, 0.1) is 10.6 Å². The van der Waals surface area contributed by atoms with Crippen molar-refractivity contribution in [3.05, 3.63) is 57.8 Å². The number of aryl methyl sites for hydroxylation is 1. The molecule has 0 bridgehead atoms. The fraction of sp³-hybridized carbons (Fsp3) is 0.235. The van der Waals surface area contributed by atoms with E-state index in [4.69, 9.17) is 27.9 Å². The highest BCUT2D eigenvalue weighted by Crippen LogP contribution is 2.20. The molecule has 0 saturated carbocycles. The van der Waals surface area contributed by atoms with Gasteiger partial charge in [-0.15, -0.1) is 11.8 Å². The summed E-state index contributed by atoms with van der Waals surface area (Å²) < 4.78 is 4.91. The number of nitrogens with zero attached hydrogens (tertiary/aromatic N) is 1. The fourth-order valence-electron chi connectivity index (χ4n) is 1.79. The maximum atomic E-state index is 11.8. The molecule has 1 N–H and O–H groups in total. The van der Waals surface area contributed by atoms with Crippen molar-refractivity contribution in [1.82, 2.24) is 10.3 Å². The van der Waals surface area contributed by atoms with Crippen LogP contribution in [0.15, 0.2) is 41.4 Å². The zero-order valence-corrected chi connectivity index (χ0v) is 15.7. The van der Waals surface area contributed by atoms with Gasteiger partial charge in [0.25, 0.3) is 5.91 Å². The summed E-state index contributed by atoms with van der Waals surface area (Å²) in [6.45, 7) is 2.14. The van der Waals surface area contributed by atoms with Crippen LogP contribution in [0.4, 0.5) is 0 Å². The van der Waals surface area contributed by atoms with Gasteiger partial charge in [-0.2, -0.15) is 0 Å². The molecule has 1 aromatic heterocycles. The van der Waals surface area contributed by atoms with Crippen LogP contribution in [0.3, 0.4) is 0 Å². The Morgan fingerprint density at radius 1 is 1.24 bits per heavy atom. The molecule has 0 aliphatic rings.